The number of ether oxygens (including phenoxy) is 2. The number of carboxylic acid groups (broad SMARTS) is 1. The summed E-state index contributed by atoms with van der Waals surface area (Å²) in [6.45, 7) is 1.69. The Morgan fingerprint density at radius 2 is 2.25 bits per heavy atom. The molecular weight excluding hydrogens is 160 g/mol. The Hall–Kier alpha value is -0.610. The summed E-state index contributed by atoms with van der Waals surface area (Å²) in [5.74, 6) is -0.938. The molecule has 4 nitrogen and oxygen atoms in total. The third-order valence-corrected chi connectivity index (χ3v) is 2.57. The highest BCUT2D eigenvalue weighted by molar-refractivity contribution is 5.70. The van der Waals surface area contributed by atoms with Gasteiger partial charge in [-0.3, -0.25) is 4.79 Å². The predicted molar refractivity (Wildman–Crippen MR) is 39.9 cm³/mol. The van der Waals surface area contributed by atoms with Crippen LogP contribution in [0.1, 0.15) is 12.8 Å². The molecule has 0 aromatic rings. The average molecular weight is 172 g/mol. The molecule has 0 aromatic carbocycles. The van der Waals surface area contributed by atoms with E-state index in [1.165, 1.54) is 0 Å². The van der Waals surface area contributed by atoms with Gasteiger partial charge >= 0.3 is 5.97 Å². The Labute approximate surface area is 70.5 Å². The van der Waals surface area contributed by atoms with Gasteiger partial charge in [-0.15, -0.1) is 0 Å². The van der Waals surface area contributed by atoms with E-state index in [9.17, 15) is 4.79 Å². The molecule has 2 rings (SSSR count). The summed E-state index contributed by atoms with van der Waals surface area (Å²) in [7, 11) is 0. The van der Waals surface area contributed by atoms with Crippen LogP contribution in [0.25, 0.3) is 0 Å². The lowest BCUT2D eigenvalue weighted by molar-refractivity contribution is -0.236. The highest BCUT2D eigenvalue weighted by Gasteiger charge is 2.45. The van der Waals surface area contributed by atoms with Gasteiger partial charge < -0.3 is 14.6 Å². The molecule has 0 amide bonds. The third-order valence-electron chi connectivity index (χ3n) is 2.57. The van der Waals surface area contributed by atoms with Crippen molar-refractivity contribution in [1.29, 1.82) is 0 Å². The fourth-order valence-corrected chi connectivity index (χ4v) is 1.77. The summed E-state index contributed by atoms with van der Waals surface area (Å²) in [5.41, 5.74) is -0.249. The number of carboxylic acids is 1. The topological polar surface area (TPSA) is 55.8 Å². The van der Waals surface area contributed by atoms with Crippen molar-refractivity contribution in [3.05, 3.63) is 0 Å². The smallest absolute Gasteiger partial charge is 0.306 e. The van der Waals surface area contributed by atoms with E-state index in [0.717, 1.165) is 0 Å². The van der Waals surface area contributed by atoms with Crippen LogP contribution in [0.5, 0.6) is 0 Å². The molecule has 2 saturated heterocycles. The van der Waals surface area contributed by atoms with Gasteiger partial charge in [0.1, 0.15) is 5.60 Å². The van der Waals surface area contributed by atoms with Crippen LogP contribution in [0.4, 0.5) is 0 Å². The Morgan fingerprint density at radius 1 is 1.50 bits per heavy atom. The van der Waals surface area contributed by atoms with Crippen molar-refractivity contribution in [3.8, 4) is 0 Å². The largest absolute Gasteiger partial charge is 0.481 e. The molecule has 2 heterocycles. The molecule has 68 valence electrons. The summed E-state index contributed by atoms with van der Waals surface area (Å²) in [4.78, 5) is 10.7. The van der Waals surface area contributed by atoms with Crippen molar-refractivity contribution in [1.82, 2.24) is 0 Å². The van der Waals surface area contributed by atoms with Gasteiger partial charge in [0.05, 0.1) is 19.1 Å². The van der Waals surface area contributed by atoms with Gasteiger partial charge in [-0.1, -0.05) is 0 Å². The molecule has 0 radical (unpaired) electrons. The normalized spacial score (nSPS) is 32.8. The van der Waals surface area contributed by atoms with Gasteiger partial charge in [0.2, 0.25) is 0 Å². The second-order valence-electron chi connectivity index (χ2n) is 3.55. The van der Waals surface area contributed by atoms with Gasteiger partial charge in [-0.2, -0.15) is 0 Å². The summed E-state index contributed by atoms with van der Waals surface area (Å²) in [6.07, 6.45) is 1.25. The van der Waals surface area contributed by atoms with E-state index in [1.807, 2.05) is 0 Å². The first-order chi connectivity index (χ1) is 5.72. The Balaban J connectivity index is 1.98. The summed E-state index contributed by atoms with van der Waals surface area (Å²) in [6, 6.07) is 0. The van der Waals surface area contributed by atoms with Gasteiger partial charge in [-0.25, -0.2) is 0 Å². The van der Waals surface area contributed by atoms with Crippen molar-refractivity contribution >= 4 is 5.97 Å². The summed E-state index contributed by atoms with van der Waals surface area (Å²) < 4.78 is 10.5. The molecule has 0 saturated carbocycles. The Morgan fingerprint density at radius 3 is 2.75 bits per heavy atom. The zero-order chi connectivity index (χ0) is 8.60. The van der Waals surface area contributed by atoms with Crippen molar-refractivity contribution in [2.24, 2.45) is 5.92 Å². The minimum Gasteiger partial charge on any atom is -0.481 e. The van der Waals surface area contributed by atoms with Crippen molar-refractivity contribution < 1.29 is 19.4 Å². The van der Waals surface area contributed by atoms with Crippen molar-refractivity contribution in [2.75, 3.05) is 19.8 Å². The molecule has 0 bridgehead atoms. The van der Waals surface area contributed by atoms with Crippen LogP contribution in [0, 0.1) is 5.92 Å². The monoisotopic (exact) mass is 172 g/mol. The number of hydrogen-bond acceptors (Lipinski definition) is 3. The van der Waals surface area contributed by atoms with E-state index >= 15 is 0 Å². The molecule has 1 unspecified atom stereocenters. The zero-order valence-corrected chi connectivity index (χ0v) is 6.78. The summed E-state index contributed by atoms with van der Waals surface area (Å²) in [5, 5.41) is 8.79. The maximum absolute atomic E-state index is 10.7. The quantitative estimate of drug-likeness (QED) is 0.616. The fourth-order valence-electron chi connectivity index (χ4n) is 1.77. The van der Waals surface area contributed by atoms with Crippen LogP contribution in [0.15, 0.2) is 0 Å². The maximum Gasteiger partial charge on any atom is 0.306 e. The molecule has 0 aromatic heterocycles. The fraction of sp³-hybridized carbons (Fsp3) is 0.875. The minimum atomic E-state index is -0.704. The molecule has 0 aliphatic carbocycles. The second kappa shape index (κ2) is 2.71. The second-order valence-corrected chi connectivity index (χ2v) is 3.55. The van der Waals surface area contributed by atoms with E-state index in [-0.39, 0.29) is 11.5 Å². The Bertz CT molecular complexity index is 197. The SMILES string of the molecule is O=C(O)C1CCOC2(COC2)C1. The lowest BCUT2D eigenvalue weighted by Gasteiger charge is -2.45. The minimum absolute atomic E-state index is 0.234. The van der Waals surface area contributed by atoms with Gasteiger partial charge in [0, 0.05) is 6.61 Å². The maximum atomic E-state index is 10.7. The Kier molecular flexibility index (Phi) is 1.81. The zero-order valence-electron chi connectivity index (χ0n) is 6.78. The van der Waals surface area contributed by atoms with Crippen LogP contribution in [-0.4, -0.2) is 36.5 Å². The standard InChI is InChI=1S/C8H12O4/c9-7(10)6-1-2-12-8(3-6)4-11-5-8/h6H,1-5H2,(H,9,10). The molecular formula is C8H12O4. The van der Waals surface area contributed by atoms with E-state index in [4.69, 9.17) is 14.6 Å². The van der Waals surface area contributed by atoms with E-state index < -0.39 is 5.97 Å². The van der Waals surface area contributed by atoms with Gasteiger partial charge in [0.15, 0.2) is 0 Å². The highest BCUT2D eigenvalue weighted by atomic mass is 16.6. The molecule has 1 spiro atoms. The average Bonchev–Trinajstić information content (AvgIpc) is 2.02. The van der Waals surface area contributed by atoms with Crippen LogP contribution < -0.4 is 0 Å². The van der Waals surface area contributed by atoms with Crippen LogP contribution in [0.3, 0.4) is 0 Å². The van der Waals surface area contributed by atoms with Crippen LogP contribution in [0.2, 0.25) is 0 Å². The van der Waals surface area contributed by atoms with Gasteiger partial charge in [0.25, 0.3) is 0 Å². The number of aliphatic carboxylic acids is 1. The number of rotatable bonds is 1. The van der Waals surface area contributed by atoms with Crippen molar-refractivity contribution in [2.45, 2.75) is 18.4 Å². The van der Waals surface area contributed by atoms with E-state index in [1.54, 1.807) is 0 Å². The highest BCUT2D eigenvalue weighted by Crippen LogP contribution is 2.34. The number of carbonyl (C=O) groups is 1. The molecule has 1 atom stereocenters. The lowest BCUT2D eigenvalue weighted by atomic mass is 9.84. The first-order valence-corrected chi connectivity index (χ1v) is 4.16. The molecule has 4 heteroatoms. The van der Waals surface area contributed by atoms with Gasteiger partial charge in [-0.05, 0) is 12.8 Å². The first-order valence-electron chi connectivity index (χ1n) is 4.16. The van der Waals surface area contributed by atoms with Crippen molar-refractivity contribution in [3.63, 3.8) is 0 Å². The van der Waals surface area contributed by atoms with E-state index in [0.29, 0.717) is 32.7 Å². The van der Waals surface area contributed by atoms with E-state index in [2.05, 4.69) is 0 Å². The van der Waals surface area contributed by atoms with Crippen LogP contribution >= 0.6 is 0 Å². The third kappa shape index (κ3) is 1.21. The predicted octanol–water partition coefficient (Wildman–Crippen LogP) is 0.267. The molecule has 1 N–H and O–H groups in total. The molecule has 2 aliphatic heterocycles. The molecule has 12 heavy (non-hydrogen) atoms. The molecule has 2 fully saturated rings. The molecule has 2 aliphatic rings. The summed E-state index contributed by atoms with van der Waals surface area (Å²) >= 11 is 0. The number of hydrogen-bond donors (Lipinski definition) is 1. The first kappa shape index (κ1) is 8.01. The lowest BCUT2D eigenvalue weighted by Crippen LogP contribution is -2.56. The van der Waals surface area contributed by atoms with Crippen LogP contribution in [-0.2, 0) is 14.3 Å².